The smallest absolute Gasteiger partial charge is 0.345 e. The van der Waals surface area contributed by atoms with Gasteiger partial charge in [0.05, 0.1) is 12.1 Å². The summed E-state index contributed by atoms with van der Waals surface area (Å²) in [4.78, 5) is 26.4. The molecule has 1 aliphatic rings. The molecule has 0 bridgehead atoms. The highest BCUT2D eigenvalue weighted by molar-refractivity contribution is 7.13. The SMILES string of the molecule is CCC#CCC(C)[C@H](O)C=C[C@H]1CCC(=O)N1CCCc1ccc(C(=O)O)s1. The molecule has 2 N–H and O–H groups in total. The number of aliphatic hydroxyl groups is 1. The molecule has 152 valence electrons. The van der Waals surface area contributed by atoms with Crippen molar-refractivity contribution in [3.05, 3.63) is 34.0 Å². The Morgan fingerprint density at radius 1 is 1.43 bits per heavy atom. The van der Waals surface area contributed by atoms with Gasteiger partial charge in [0.15, 0.2) is 0 Å². The maximum atomic E-state index is 12.2. The van der Waals surface area contributed by atoms with Crippen molar-refractivity contribution in [2.24, 2.45) is 5.92 Å². The van der Waals surface area contributed by atoms with Crippen LogP contribution in [0, 0.1) is 17.8 Å². The number of carboxylic acid groups (broad SMARTS) is 1. The lowest BCUT2D eigenvalue weighted by Crippen LogP contribution is -2.33. The summed E-state index contributed by atoms with van der Waals surface area (Å²) < 4.78 is 0. The summed E-state index contributed by atoms with van der Waals surface area (Å²) in [5.41, 5.74) is 0. The molecule has 3 atom stereocenters. The van der Waals surface area contributed by atoms with E-state index in [2.05, 4.69) is 11.8 Å². The van der Waals surface area contributed by atoms with Gasteiger partial charge in [-0.2, -0.15) is 0 Å². The van der Waals surface area contributed by atoms with Crippen LogP contribution in [-0.4, -0.2) is 45.7 Å². The molecule has 1 unspecified atom stereocenters. The number of rotatable bonds is 9. The minimum absolute atomic E-state index is 0.0222. The van der Waals surface area contributed by atoms with Crippen LogP contribution in [0.2, 0.25) is 0 Å². The summed E-state index contributed by atoms with van der Waals surface area (Å²) >= 11 is 1.29. The number of nitrogens with zero attached hydrogens (tertiary/aromatic N) is 1. The third kappa shape index (κ3) is 6.50. The van der Waals surface area contributed by atoms with E-state index in [9.17, 15) is 14.7 Å². The number of carbonyl (C=O) groups excluding carboxylic acids is 1. The summed E-state index contributed by atoms with van der Waals surface area (Å²) in [6, 6.07) is 3.49. The first-order valence-corrected chi connectivity index (χ1v) is 10.7. The number of aliphatic hydroxyl groups excluding tert-OH is 1. The van der Waals surface area contributed by atoms with Gasteiger partial charge < -0.3 is 15.1 Å². The molecule has 1 aromatic rings. The fraction of sp³-hybridized carbons (Fsp3) is 0.545. The number of hydrogen-bond acceptors (Lipinski definition) is 4. The number of hydrogen-bond donors (Lipinski definition) is 2. The fourth-order valence-corrected chi connectivity index (χ4v) is 4.10. The second-order valence-electron chi connectivity index (χ2n) is 7.13. The van der Waals surface area contributed by atoms with Crippen LogP contribution < -0.4 is 0 Å². The lowest BCUT2D eigenvalue weighted by atomic mass is 10.00. The van der Waals surface area contributed by atoms with Crippen LogP contribution in [0.4, 0.5) is 0 Å². The molecule has 6 heteroatoms. The maximum Gasteiger partial charge on any atom is 0.345 e. The van der Waals surface area contributed by atoms with Gasteiger partial charge >= 0.3 is 5.97 Å². The lowest BCUT2D eigenvalue weighted by Gasteiger charge is -2.23. The predicted molar refractivity (Wildman–Crippen MR) is 111 cm³/mol. The summed E-state index contributed by atoms with van der Waals surface area (Å²) in [6.45, 7) is 4.62. The molecule has 0 saturated carbocycles. The maximum absolute atomic E-state index is 12.2. The van der Waals surface area contributed by atoms with E-state index < -0.39 is 12.1 Å². The van der Waals surface area contributed by atoms with Crippen LogP contribution in [0.15, 0.2) is 24.3 Å². The van der Waals surface area contributed by atoms with Crippen molar-refractivity contribution in [2.75, 3.05) is 6.54 Å². The van der Waals surface area contributed by atoms with Crippen LogP contribution in [0.25, 0.3) is 0 Å². The standard InChI is InChI=1S/C22H29NO4S/c1-3-4-5-7-16(2)19(24)12-9-17-10-14-21(25)23(17)15-6-8-18-11-13-20(28-18)22(26)27/h9,11-13,16-17,19,24H,3,6-8,10,14-15H2,1-2H3,(H,26,27)/t16?,17-,19+/m0/s1. The van der Waals surface area contributed by atoms with Gasteiger partial charge in [-0.1, -0.05) is 26.0 Å². The Morgan fingerprint density at radius 2 is 2.21 bits per heavy atom. The third-order valence-corrected chi connectivity index (χ3v) is 6.04. The molecule has 5 nitrogen and oxygen atoms in total. The van der Waals surface area contributed by atoms with Gasteiger partial charge in [0.2, 0.25) is 5.91 Å². The molecule has 28 heavy (non-hydrogen) atoms. The van der Waals surface area contributed by atoms with Gasteiger partial charge in [0.1, 0.15) is 4.88 Å². The van der Waals surface area contributed by atoms with Crippen molar-refractivity contribution in [1.82, 2.24) is 4.90 Å². The van der Waals surface area contributed by atoms with Crippen molar-refractivity contribution >= 4 is 23.2 Å². The normalized spacial score (nSPS) is 18.9. The Hall–Kier alpha value is -2.10. The molecule has 1 aromatic heterocycles. The van der Waals surface area contributed by atoms with Crippen LogP contribution >= 0.6 is 11.3 Å². The number of aromatic carboxylic acids is 1. The zero-order chi connectivity index (χ0) is 20.5. The van der Waals surface area contributed by atoms with Gasteiger partial charge in [-0.05, 0) is 37.3 Å². The van der Waals surface area contributed by atoms with Gasteiger partial charge in [0.25, 0.3) is 0 Å². The Morgan fingerprint density at radius 3 is 2.89 bits per heavy atom. The van der Waals surface area contributed by atoms with Crippen molar-refractivity contribution in [3.63, 3.8) is 0 Å². The number of carboxylic acids is 1. The Bertz CT molecular complexity index is 758. The number of thiophene rings is 1. The van der Waals surface area contributed by atoms with Crippen molar-refractivity contribution < 1.29 is 19.8 Å². The molecule has 1 aliphatic heterocycles. The Kier molecular flexibility index (Phi) is 8.75. The highest BCUT2D eigenvalue weighted by Gasteiger charge is 2.28. The van der Waals surface area contributed by atoms with Gasteiger partial charge in [-0.3, -0.25) is 4.79 Å². The quantitative estimate of drug-likeness (QED) is 0.486. The summed E-state index contributed by atoms with van der Waals surface area (Å²) in [5, 5.41) is 19.3. The number of aryl methyl sites for hydroxylation is 1. The molecule has 0 radical (unpaired) electrons. The average molecular weight is 404 g/mol. The molecule has 0 aliphatic carbocycles. The van der Waals surface area contributed by atoms with Crippen LogP contribution in [0.3, 0.4) is 0 Å². The first-order valence-electron chi connectivity index (χ1n) is 9.86. The van der Waals surface area contributed by atoms with E-state index in [1.165, 1.54) is 11.3 Å². The van der Waals surface area contributed by atoms with E-state index >= 15 is 0 Å². The summed E-state index contributed by atoms with van der Waals surface area (Å²) in [7, 11) is 0. The zero-order valence-electron chi connectivity index (χ0n) is 16.6. The Labute approximate surface area is 171 Å². The molecule has 0 aromatic carbocycles. The minimum atomic E-state index is -0.898. The Balaban J connectivity index is 1.85. The fourth-order valence-electron chi connectivity index (χ4n) is 3.21. The predicted octanol–water partition coefficient (Wildman–Crippen LogP) is 3.73. The second kappa shape index (κ2) is 11.0. The molecule has 1 saturated heterocycles. The number of amides is 1. The summed E-state index contributed by atoms with van der Waals surface area (Å²) in [5.74, 6) is 5.39. The first kappa shape index (κ1) is 22.2. The van der Waals surface area contributed by atoms with E-state index in [0.717, 1.165) is 30.6 Å². The van der Waals surface area contributed by atoms with E-state index in [1.54, 1.807) is 12.1 Å². The second-order valence-corrected chi connectivity index (χ2v) is 8.30. The van der Waals surface area contributed by atoms with Crippen molar-refractivity contribution in [1.29, 1.82) is 0 Å². The molecule has 1 fully saturated rings. The van der Waals surface area contributed by atoms with Crippen LogP contribution in [-0.2, 0) is 11.2 Å². The molecular formula is C22H29NO4S. The highest BCUT2D eigenvalue weighted by atomic mass is 32.1. The van der Waals surface area contributed by atoms with Gasteiger partial charge in [-0.15, -0.1) is 23.2 Å². The molecule has 2 rings (SSSR count). The number of carbonyl (C=O) groups is 2. The average Bonchev–Trinajstić information content (AvgIpc) is 3.27. The van der Waals surface area contributed by atoms with E-state index in [0.29, 0.717) is 24.3 Å². The van der Waals surface area contributed by atoms with Crippen molar-refractivity contribution in [2.45, 2.75) is 64.5 Å². The lowest BCUT2D eigenvalue weighted by molar-refractivity contribution is -0.128. The van der Waals surface area contributed by atoms with E-state index in [-0.39, 0.29) is 17.9 Å². The van der Waals surface area contributed by atoms with Gasteiger partial charge in [-0.25, -0.2) is 4.79 Å². The molecule has 1 amide bonds. The van der Waals surface area contributed by atoms with E-state index in [1.807, 2.05) is 30.9 Å². The van der Waals surface area contributed by atoms with E-state index in [4.69, 9.17) is 5.11 Å². The molecule has 2 heterocycles. The van der Waals surface area contributed by atoms with Gasteiger partial charge in [0, 0.05) is 30.7 Å². The third-order valence-electron chi connectivity index (χ3n) is 4.91. The van der Waals surface area contributed by atoms with Crippen LogP contribution in [0.5, 0.6) is 0 Å². The molecular weight excluding hydrogens is 374 g/mol. The van der Waals surface area contributed by atoms with Crippen LogP contribution in [0.1, 0.15) is 60.5 Å². The minimum Gasteiger partial charge on any atom is -0.477 e. The zero-order valence-corrected chi connectivity index (χ0v) is 17.4. The largest absolute Gasteiger partial charge is 0.477 e. The topological polar surface area (TPSA) is 77.8 Å². The monoisotopic (exact) mass is 403 g/mol. The highest BCUT2D eigenvalue weighted by Crippen LogP contribution is 2.23. The molecule has 0 spiro atoms. The number of likely N-dealkylation sites (tertiary alicyclic amines) is 1. The van der Waals surface area contributed by atoms with Crippen molar-refractivity contribution in [3.8, 4) is 11.8 Å². The summed E-state index contributed by atoms with van der Waals surface area (Å²) in [6.07, 6.45) is 7.52. The first-order chi connectivity index (χ1) is 13.4.